The molecule has 2 heterocycles. The first kappa shape index (κ1) is 10.9. The van der Waals surface area contributed by atoms with Gasteiger partial charge in [0.15, 0.2) is 5.78 Å². The zero-order valence-electron chi connectivity index (χ0n) is 9.61. The van der Waals surface area contributed by atoms with Crippen molar-refractivity contribution in [2.45, 2.75) is 32.6 Å². The Labute approximate surface area is 93.4 Å². The second-order valence-electron chi connectivity index (χ2n) is 5.00. The fourth-order valence-corrected chi connectivity index (χ4v) is 1.53. The van der Waals surface area contributed by atoms with Gasteiger partial charge in [0.1, 0.15) is 0 Å². The van der Waals surface area contributed by atoms with Crippen LogP contribution in [0, 0.1) is 0 Å². The number of ketones is 1. The first-order valence-corrected chi connectivity index (χ1v) is 5.17. The number of carbonyl (C=O) groups excluding carboxylic acids is 2. The maximum Gasteiger partial charge on any atom is 0.237 e. The number of hydrogen-bond donors (Lipinski definition) is 0. The molecule has 1 saturated heterocycles. The van der Waals surface area contributed by atoms with Crippen molar-refractivity contribution in [1.82, 2.24) is 5.16 Å². The van der Waals surface area contributed by atoms with E-state index in [1.807, 2.05) is 20.8 Å². The van der Waals surface area contributed by atoms with Gasteiger partial charge in [0.2, 0.25) is 11.8 Å². The van der Waals surface area contributed by atoms with E-state index in [0.29, 0.717) is 5.88 Å². The van der Waals surface area contributed by atoms with Gasteiger partial charge in [0, 0.05) is 11.5 Å². The highest BCUT2D eigenvalue weighted by molar-refractivity contribution is 6.14. The number of aromatic nitrogens is 1. The second kappa shape index (κ2) is 3.43. The molecule has 2 rings (SSSR count). The Morgan fingerprint density at radius 2 is 2.06 bits per heavy atom. The quantitative estimate of drug-likeness (QED) is 0.671. The summed E-state index contributed by atoms with van der Waals surface area (Å²) in [4.78, 5) is 23.9. The normalized spacial score (nSPS) is 17.3. The van der Waals surface area contributed by atoms with Crippen LogP contribution in [0.25, 0.3) is 0 Å². The van der Waals surface area contributed by atoms with Crippen molar-refractivity contribution in [2.24, 2.45) is 0 Å². The van der Waals surface area contributed by atoms with Crippen molar-refractivity contribution in [1.29, 1.82) is 0 Å². The molecule has 5 nitrogen and oxygen atoms in total. The summed E-state index contributed by atoms with van der Waals surface area (Å²) in [6, 6.07) is 1.72. The Morgan fingerprint density at radius 1 is 1.38 bits per heavy atom. The van der Waals surface area contributed by atoms with E-state index >= 15 is 0 Å². The summed E-state index contributed by atoms with van der Waals surface area (Å²) in [5.41, 5.74) is 0.642. The summed E-state index contributed by atoms with van der Waals surface area (Å²) in [5, 5.41) is 3.91. The van der Waals surface area contributed by atoms with Crippen LogP contribution < -0.4 is 4.90 Å². The molecule has 0 radical (unpaired) electrons. The molecule has 1 fully saturated rings. The third-order valence-electron chi connectivity index (χ3n) is 2.52. The third-order valence-corrected chi connectivity index (χ3v) is 2.52. The van der Waals surface area contributed by atoms with Gasteiger partial charge < -0.3 is 4.52 Å². The molecule has 0 unspecified atom stereocenters. The zero-order chi connectivity index (χ0) is 11.9. The van der Waals surface area contributed by atoms with E-state index in [0.717, 1.165) is 5.69 Å². The molecule has 0 aliphatic carbocycles. The van der Waals surface area contributed by atoms with Crippen LogP contribution in [0.2, 0.25) is 0 Å². The first-order chi connectivity index (χ1) is 7.38. The molecule has 0 saturated carbocycles. The molecular formula is C11H14N2O3. The fourth-order valence-electron chi connectivity index (χ4n) is 1.53. The van der Waals surface area contributed by atoms with Crippen molar-refractivity contribution in [3.8, 4) is 0 Å². The van der Waals surface area contributed by atoms with Gasteiger partial charge in [-0.05, 0) is 0 Å². The Kier molecular flexibility index (Phi) is 2.33. The minimum absolute atomic E-state index is 0.0362. The number of hydrogen-bond acceptors (Lipinski definition) is 4. The van der Waals surface area contributed by atoms with Gasteiger partial charge in [-0.1, -0.05) is 25.9 Å². The summed E-state index contributed by atoms with van der Waals surface area (Å²) in [6.07, 6.45) is -0.0362. The van der Waals surface area contributed by atoms with Crippen molar-refractivity contribution in [2.75, 3.05) is 11.4 Å². The van der Waals surface area contributed by atoms with E-state index in [2.05, 4.69) is 5.16 Å². The fraction of sp³-hybridized carbons (Fsp3) is 0.545. The topological polar surface area (TPSA) is 63.4 Å². The number of anilines is 1. The number of Topliss-reactive ketones (excluding diaryl/α,β-unsaturated/α-hetero) is 1. The molecular weight excluding hydrogens is 208 g/mol. The lowest BCUT2D eigenvalue weighted by Gasteiger charge is -2.13. The van der Waals surface area contributed by atoms with Gasteiger partial charge in [0.25, 0.3) is 0 Å². The van der Waals surface area contributed by atoms with E-state index in [-0.39, 0.29) is 30.1 Å². The monoisotopic (exact) mass is 222 g/mol. The number of rotatable bonds is 1. The molecule has 86 valence electrons. The number of carbonyl (C=O) groups is 2. The molecule has 1 aromatic heterocycles. The highest BCUT2D eigenvalue weighted by Gasteiger charge is 2.32. The van der Waals surface area contributed by atoms with Crippen LogP contribution in [0.15, 0.2) is 10.6 Å². The number of amides is 1. The van der Waals surface area contributed by atoms with Crippen LogP contribution in [0.5, 0.6) is 0 Å². The first-order valence-electron chi connectivity index (χ1n) is 5.17. The van der Waals surface area contributed by atoms with Crippen LogP contribution >= 0.6 is 0 Å². The summed E-state index contributed by atoms with van der Waals surface area (Å²) in [7, 11) is 0. The van der Waals surface area contributed by atoms with Crippen LogP contribution in [-0.2, 0) is 15.0 Å². The molecule has 0 bridgehead atoms. The predicted molar refractivity (Wildman–Crippen MR) is 57.2 cm³/mol. The van der Waals surface area contributed by atoms with Gasteiger partial charge in [0.05, 0.1) is 18.7 Å². The van der Waals surface area contributed by atoms with Crippen molar-refractivity contribution in [3.63, 3.8) is 0 Å². The number of nitrogens with zero attached hydrogens (tertiary/aromatic N) is 2. The molecule has 0 aromatic carbocycles. The molecule has 5 heteroatoms. The Bertz CT molecular complexity index is 442. The van der Waals surface area contributed by atoms with E-state index in [1.165, 1.54) is 4.90 Å². The predicted octanol–water partition coefficient (Wildman–Crippen LogP) is 1.28. The SMILES string of the molecule is CC(C)(C)c1cc(N2CC(=O)CC2=O)on1. The second-order valence-corrected chi connectivity index (χ2v) is 5.00. The summed E-state index contributed by atoms with van der Waals surface area (Å²) >= 11 is 0. The lowest BCUT2D eigenvalue weighted by Crippen LogP contribution is -2.24. The van der Waals surface area contributed by atoms with Crippen LogP contribution in [-0.4, -0.2) is 23.4 Å². The van der Waals surface area contributed by atoms with Crippen LogP contribution in [0.1, 0.15) is 32.9 Å². The minimum atomic E-state index is -0.221. The van der Waals surface area contributed by atoms with E-state index in [1.54, 1.807) is 6.07 Å². The van der Waals surface area contributed by atoms with Crippen molar-refractivity contribution < 1.29 is 14.1 Å². The van der Waals surface area contributed by atoms with E-state index in [4.69, 9.17) is 4.52 Å². The maximum absolute atomic E-state index is 11.5. The zero-order valence-corrected chi connectivity index (χ0v) is 9.61. The van der Waals surface area contributed by atoms with Crippen molar-refractivity contribution in [3.05, 3.63) is 11.8 Å². The molecule has 0 spiro atoms. The van der Waals surface area contributed by atoms with Gasteiger partial charge >= 0.3 is 0 Å². The minimum Gasteiger partial charge on any atom is -0.338 e. The van der Waals surface area contributed by atoms with Gasteiger partial charge in [-0.2, -0.15) is 0 Å². The molecule has 1 aliphatic heterocycles. The lowest BCUT2D eigenvalue weighted by atomic mass is 9.92. The average molecular weight is 222 g/mol. The highest BCUT2D eigenvalue weighted by Crippen LogP contribution is 2.27. The van der Waals surface area contributed by atoms with Gasteiger partial charge in [-0.25, -0.2) is 0 Å². The largest absolute Gasteiger partial charge is 0.338 e. The van der Waals surface area contributed by atoms with Gasteiger partial charge in [-0.15, -0.1) is 0 Å². The molecule has 16 heavy (non-hydrogen) atoms. The van der Waals surface area contributed by atoms with Crippen LogP contribution in [0.3, 0.4) is 0 Å². The standard InChI is InChI=1S/C11H14N2O3/c1-11(2,3)8-5-10(16-12-8)13-6-7(14)4-9(13)15/h5H,4,6H2,1-3H3. The highest BCUT2D eigenvalue weighted by atomic mass is 16.5. The average Bonchev–Trinajstić information content (AvgIpc) is 2.70. The summed E-state index contributed by atoms with van der Waals surface area (Å²) < 4.78 is 5.10. The van der Waals surface area contributed by atoms with Crippen LogP contribution in [0.4, 0.5) is 5.88 Å². The van der Waals surface area contributed by atoms with E-state index in [9.17, 15) is 9.59 Å². The molecule has 1 aromatic rings. The van der Waals surface area contributed by atoms with E-state index < -0.39 is 0 Å². The Hall–Kier alpha value is -1.65. The molecule has 1 aliphatic rings. The maximum atomic E-state index is 11.5. The Balaban J connectivity index is 2.26. The summed E-state index contributed by atoms with van der Waals surface area (Å²) in [6.45, 7) is 6.11. The molecule has 0 N–H and O–H groups in total. The van der Waals surface area contributed by atoms with Crippen molar-refractivity contribution >= 4 is 17.6 Å². The summed E-state index contributed by atoms with van der Waals surface area (Å²) in [5.74, 6) is 0.0566. The third kappa shape index (κ3) is 1.85. The van der Waals surface area contributed by atoms with Gasteiger partial charge in [-0.3, -0.25) is 14.5 Å². The Morgan fingerprint density at radius 3 is 2.50 bits per heavy atom. The lowest BCUT2D eigenvalue weighted by molar-refractivity contribution is -0.121. The molecule has 0 atom stereocenters. The molecule has 1 amide bonds. The smallest absolute Gasteiger partial charge is 0.237 e.